The molecule has 2 N–H and O–H groups in total. The zero-order chi connectivity index (χ0) is 21.3. The highest BCUT2D eigenvalue weighted by Gasteiger charge is 2.11. The molecule has 0 unspecified atom stereocenters. The van der Waals surface area contributed by atoms with Crippen molar-refractivity contribution >= 4 is 23.2 Å². The lowest BCUT2D eigenvalue weighted by atomic mass is 10.1. The van der Waals surface area contributed by atoms with Gasteiger partial charge in [-0.05, 0) is 48.0 Å². The van der Waals surface area contributed by atoms with E-state index in [9.17, 15) is 9.59 Å². The normalized spacial score (nSPS) is 10.3. The number of amides is 2. The van der Waals surface area contributed by atoms with E-state index in [4.69, 9.17) is 9.47 Å². The van der Waals surface area contributed by atoms with Gasteiger partial charge in [0.05, 0.1) is 20.3 Å². The monoisotopic (exact) mass is 404 g/mol. The third-order valence-corrected chi connectivity index (χ3v) is 4.37. The van der Waals surface area contributed by atoms with E-state index in [-0.39, 0.29) is 11.8 Å². The van der Waals surface area contributed by atoms with E-state index < -0.39 is 0 Å². The van der Waals surface area contributed by atoms with Gasteiger partial charge in [-0.3, -0.25) is 9.59 Å². The standard InChI is InChI=1S/C24H24N2O4/c1-17(27)25-21-9-11-22(12-10-21)26-24(28)19-8-13-23(29-2)20(14-19)16-30-15-18-6-4-3-5-7-18/h3-14H,15-16H2,1-2H3,(H,25,27)(H,26,28). The third-order valence-electron chi connectivity index (χ3n) is 4.37. The van der Waals surface area contributed by atoms with Crippen molar-refractivity contribution in [2.24, 2.45) is 0 Å². The van der Waals surface area contributed by atoms with E-state index in [0.717, 1.165) is 11.1 Å². The number of benzene rings is 3. The van der Waals surface area contributed by atoms with Crippen LogP contribution in [0.5, 0.6) is 5.75 Å². The van der Waals surface area contributed by atoms with Gasteiger partial charge < -0.3 is 20.1 Å². The summed E-state index contributed by atoms with van der Waals surface area (Å²) in [5, 5.41) is 5.54. The molecule has 3 aromatic carbocycles. The van der Waals surface area contributed by atoms with E-state index in [1.807, 2.05) is 30.3 Å². The maximum Gasteiger partial charge on any atom is 0.255 e. The van der Waals surface area contributed by atoms with Gasteiger partial charge >= 0.3 is 0 Å². The van der Waals surface area contributed by atoms with Crippen molar-refractivity contribution in [3.05, 3.63) is 89.5 Å². The summed E-state index contributed by atoms with van der Waals surface area (Å²) < 4.78 is 11.2. The second kappa shape index (κ2) is 10.2. The molecule has 6 nitrogen and oxygen atoms in total. The Morgan fingerprint density at radius 2 is 1.50 bits per heavy atom. The molecule has 0 aliphatic heterocycles. The molecule has 0 atom stereocenters. The second-order valence-corrected chi connectivity index (χ2v) is 6.72. The van der Waals surface area contributed by atoms with Gasteiger partial charge in [0, 0.05) is 29.4 Å². The van der Waals surface area contributed by atoms with Crippen LogP contribution < -0.4 is 15.4 Å². The molecule has 154 valence electrons. The van der Waals surface area contributed by atoms with E-state index >= 15 is 0 Å². The summed E-state index contributed by atoms with van der Waals surface area (Å²) in [7, 11) is 1.59. The number of carbonyl (C=O) groups is 2. The third kappa shape index (κ3) is 5.93. The van der Waals surface area contributed by atoms with Crippen molar-refractivity contribution in [1.29, 1.82) is 0 Å². The summed E-state index contributed by atoms with van der Waals surface area (Å²) in [4.78, 5) is 23.8. The van der Waals surface area contributed by atoms with Crippen molar-refractivity contribution < 1.29 is 19.1 Å². The van der Waals surface area contributed by atoms with E-state index in [2.05, 4.69) is 10.6 Å². The second-order valence-electron chi connectivity index (χ2n) is 6.72. The molecular formula is C24H24N2O4. The van der Waals surface area contributed by atoms with Crippen LogP contribution in [0.2, 0.25) is 0 Å². The number of hydrogen-bond donors (Lipinski definition) is 2. The first-order valence-corrected chi connectivity index (χ1v) is 9.53. The first kappa shape index (κ1) is 21.1. The van der Waals surface area contributed by atoms with Crippen molar-refractivity contribution in [2.45, 2.75) is 20.1 Å². The molecule has 3 aromatic rings. The zero-order valence-corrected chi connectivity index (χ0v) is 17.0. The molecule has 0 bridgehead atoms. The quantitative estimate of drug-likeness (QED) is 0.574. The molecule has 0 saturated heterocycles. The minimum absolute atomic E-state index is 0.146. The number of methoxy groups -OCH3 is 1. The highest BCUT2D eigenvalue weighted by atomic mass is 16.5. The fourth-order valence-corrected chi connectivity index (χ4v) is 2.93. The Bertz CT molecular complexity index is 1000. The lowest BCUT2D eigenvalue weighted by molar-refractivity contribution is -0.114. The molecule has 3 rings (SSSR count). The average Bonchev–Trinajstić information content (AvgIpc) is 2.75. The molecule has 0 saturated carbocycles. The van der Waals surface area contributed by atoms with E-state index in [0.29, 0.717) is 35.9 Å². The van der Waals surface area contributed by atoms with Gasteiger partial charge in [-0.1, -0.05) is 30.3 Å². The van der Waals surface area contributed by atoms with E-state index in [1.54, 1.807) is 49.6 Å². The fraction of sp³-hybridized carbons (Fsp3) is 0.167. The molecule has 0 heterocycles. The zero-order valence-electron chi connectivity index (χ0n) is 17.0. The summed E-state index contributed by atoms with van der Waals surface area (Å²) in [5.74, 6) is 0.278. The smallest absolute Gasteiger partial charge is 0.255 e. The number of ether oxygens (including phenoxy) is 2. The first-order chi connectivity index (χ1) is 14.5. The highest BCUT2D eigenvalue weighted by molar-refractivity contribution is 6.04. The van der Waals surface area contributed by atoms with Gasteiger partial charge in [-0.2, -0.15) is 0 Å². The predicted molar refractivity (Wildman–Crippen MR) is 117 cm³/mol. The molecule has 0 aliphatic rings. The van der Waals surface area contributed by atoms with Crippen molar-refractivity contribution in [1.82, 2.24) is 0 Å². The largest absolute Gasteiger partial charge is 0.496 e. The van der Waals surface area contributed by atoms with Crippen LogP contribution in [0.3, 0.4) is 0 Å². The van der Waals surface area contributed by atoms with Crippen molar-refractivity contribution in [3.63, 3.8) is 0 Å². The average molecular weight is 404 g/mol. The van der Waals surface area contributed by atoms with Crippen molar-refractivity contribution in [2.75, 3.05) is 17.7 Å². The molecule has 30 heavy (non-hydrogen) atoms. The van der Waals surface area contributed by atoms with Crippen LogP contribution in [0.25, 0.3) is 0 Å². The Morgan fingerprint density at radius 1 is 0.833 bits per heavy atom. The van der Waals surface area contributed by atoms with Crippen molar-refractivity contribution in [3.8, 4) is 5.75 Å². The number of carbonyl (C=O) groups excluding carboxylic acids is 2. The van der Waals surface area contributed by atoms with Crippen LogP contribution in [-0.2, 0) is 22.7 Å². The number of nitrogens with one attached hydrogen (secondary N) is 2. The first-order valence-electron chi connectivity index (χ1n) is 9.53. The molecule has 0 aliphatic carbocycles. The molecule has 0 spiro atoms. The minimum atomic E-state index is -0.241. The van der Waals surface area contributed by atoms with Gasteiger partial charge in [-0.15, -0.1) is 0 Å². The van der Waals surface area contributed by atoms with Crippen LogP contribution in [0.1, 0.15) is 28.4 Å². The van der Waals surface area contributed by atoms with Gasteiger partial charge in [0.2, 0.25) is 5.91 Å². The lowest BCUT2D eigenvalue weighted by Crippen LogP contribution is -2.13. The molecule has 0 aromatic heterocycles. The Labute approximate surface area is 175 Å². The highest BCUT2D eigenvalue weighted by Crippen LogP contribution is 2.22. The van der Waals surface area contributed by atoms with Gasteiger partial charge in [0.1, 0.15) is 5.75 Å². The maximum absolute atomic E-state index is 12.7. The van der Waals surface area contributed by atoms with Crippen LogP contribution in [0.4, 0.5) is 11.4 Å². The SMILES string of the molecule is COc1ccc(C(=O)Nc2ccc(NC(C)=O)cc2)cc1COCc1ccccc1. The number of anilines is 2. The van der Waals surface area contributed by atoms with Crippen LogP contribution >= 0.6 is 0 Å². The number of hydrogen-bond acceptors (Lipinski definition) is 4. The van der Waals surface area contributed by atoms with E-state index in [1.165, 1.54) is 6.92 Å². The topological polar surface area (TPSA) is 76.7 Å². The van der Waals surface area contributed by atoms with Crippen LogP contribution in [-0.4, -0.2) is 18.9 Å². The van der Waals surface area contributed by atoms with Gasteiger partial charge in [-0.25, -0.2) is 0 Å². The molecule has 2 amide bonds. The molecule has 0 radical (unpaired) electrons. The Kier molecular flexibility index (Phi) is 7.19. The molecule has 0 fully saturated rings. The number of rotatable bonds is 8. The van der Waals surface area contributed by atoms with Gasteiger partial charge in [0.25, 0.3) is 5.91 Å². The Balaban J connectivity index is 1.65. The Hall–Kier alpha value is -3.64. The summed E-state index contributed by atoms with van der Waals surface area (Å²) >= 11 is 0. The fourth-order valence-electron chi connectivity index (χ4n) is 2.93. The summed E-state index contributed by atoms with van der Waals surface area (Å²) in [5.41, 5.74) is 3.67. The van der Waals surface area contributed by atoms with Gasteiger partial charge in [0.15, 0.2) is 0 Å². The summed E-state index contributed by atoms with van der Waals surface area (Å²) in [6, 6.07) is 22.1. The predicted octanol–water partition coefficient (Wildman–Crippen LogP) is 4.62. The minimum Gasteiger partial charge on any atom is -0.496 e. The Morgan fingerprint density at radius 3 is 2.13 bits per heavy atom. The summed E-state index contributed by atoms with van der Waals surface area (Å²) in [6.07, 6.45) is 0. The van der Waals surface area contributed by atoms with Crippen LogP contribution in [0.15, 0.2) is 72.8 Å². The molecule has 6 heteroatoms. The maximum atomic E-state index is 12.7. The van der Waals surface area contributed by atoms with Crippen LogP contribution in [0, 0.1) is 0 Å². The summed E-state index contributed by atoms with van der Waals surface area (Å²) in [6.45, 7) is 2.24. The lowest BCUT2D eigenvalue weighted by Gasteiger charge is -2.12. The molecular weight excluding hydrogens is 380 g/mol.